The molecule has 110 valence electrons. The van der Waals surface area contributed by atoms with Gasteiger partial charge in [-0.1, -0.05) is 11.6 Å². The van der Waals surface area contributed by atoms with Crippen molar-refractivity contribution in [3.63, 3.8) is 0 Å². The van der Waals surface area contributed by atoms with Crippen molar-refractivity contribution in [1.29, 1.82) is 0 Å². The third-order valence-electron chi connectivity index (χ3n) is 2.72. The SMILES string of the molecule is O=[N+]([O-])c1ccc(NCc2cc(F)c(F)cc2F)c(Cl)c1. The van der Waals surface area contributed by atoms with Crippen LogP contribution in [0, 0.1) is 27.6 Å². The second kappa shape index (κ2) is 6.01. The van der Waals surface area contributed by atoms with Gasteiger partial charge in [0.2, 0.25) is 0 Å². The number of non-ortho nitro benzene ring substituents is 1. The van der Waals surface area contributed by atoms with E-state index in [2.05, 4.69) is 5.32 Å². The van der Waals surface area contributed by atoms with E-state index >= 15 is 0 Å². The molecule has 0 atom stereocenters. The molecule has 0 aliphatic carbocycles. The van der Waals surface area contributed by atoms with Gasteiger partial charge in [-0.2, -0.15) is 0 Å². The van der Waals surface area contributed by atoms with E-state index in [0.717, 1.165) is 12.1 Å². The minimum Gasteiger partial charge on any atom is -0.380 e. The number of nitro benzene ring substituents is 1. The highest BCUT2D eigenvalue weighted by Gasteiger charge is 2.12. The quantitative estimate of drug-likeness (QED) is 0.520. The number of nitrogens with one attached hydrogen (secondary N) is 1. The Hall–Kier alpha value is -2.28. The molecule has 1 N–H and O–H groups in total. The first-order valence-electron chi connectivity index (χ1n) is 5.69. The Balaban J connectivity index is 2.17. The van der Waals surface area contributed by atoms with Crippen LogP contribution >= 0.6 is 11.6 Å². The van der Waals surface area contributed by atoms with Crippen LogP contribution < -0.4 is 5.32 Å². The van der Waals surface area contributed by atoms with Gasteiger partial charge in [0.05, 0.1) is 15.6 Å². The third kappa shape index (κ3) is 3.43. The summed E-state index contributed by atoms with van der Waals surface area (Å²) >= 11 is 5.84. The minimum atomic E-state index is -1.27. The molecule has 4 nitrogen and oxygen atoms in total. The summed E-state index contributed by atoms with van der Waals surface area (Å²) in [6.45, 7) is -0.152. The fourth-order valence-corrected chi connectivity index (χ4v) is 1.89. The predicted molar refractivity (Wildman–Crippen MR) is 71.7 cm³/mol. The Bertz CT molecular complexity index is 710. The Morgan fingerprint density at radius 3 is 2.38 bits per heavy atom. The lowest BCUT2D eigenvalue weighted by Crippen LogP contribution is -2.04. The first kappa shape index (κ1) is 15.1. The molecular formula is C13H8ClF3N2O2. The summed E-state index contributed by atoms with van der Waals surface area (Å²) in [7, 11) is 0. The first-order valence-corrected chi connectivity index (χ1v) is 6.07. The Morgan fingerprint density at radius 1 is 1.10 bits per heavy atom. The zero-order valence-electron chi connectivity index (χ0n) is 10.4. The third-order valence-corrected chi connectivity index (χ3v) is 3.03. The summed E-state index contributed by atoms with van der Waals surface area (Å²) in [5.74, 6) is -3.34. The standard InChI is InChI=1S/C13H8ClF3N2O2/c14-9-4-8(19(20)21)1-2-13(9)18-6-7-3-11(16)12(17)5-10(7)15/h1-5,18H,6H2. The van der Waals surface area contributed by atoms with E-state index in [1.54, 1.807) is 0 Å². The number of hydrogen-bond acceptors (Lipinski definition) is 3. The monoisotopic (exact) mass is 316 g/mol. The zero-order valence-corrected chi connectivity index (χ0v) is 11.1. The van der Waals surface area contributed by atoms with Gasteiger partial charge in [0.15, 0.2) is 11.6 Å². The van der Waals surface area contributed by atoms with Gasteiger partial charge in [-0.05, 0) is 12.1 Å². The van der Waals surface area contributed by atoms with Crippen LogP contribution in [0.4, 0.5) is 24.5 Å². The van der Waals surface area contributed by atoms with Crippen molar-refractivity contribution in [3.05, 3.63) is 68.5 Å². The molecule has 0 unspecified atom stereocenters. The van der Waals surface area contributed by atoms with Crippen molar-refractivity contribution in [2.75, 3.05) is 5.32 Å². The average Bonchev–Trinajstić information content (AvgIpc) is 2.42. The van der Waals surface area contributed by atoms with Gasteiger partial charge < -0.3 is 5.32 Å². The molecule has 0 radical (unpaired) electrons. The molecule has 2 aromatic carbocycles. The highest BCUT2D eigenvalue weighted by molar-refractivity contribution is 6.33. The summed E-state index contributed by atoms with van der Waals surface area (Å²) in [5.41, 5.74) is 0.0271. The Labute approximate surface area is 122 Å². The van der Waals surface area contributed by atoms with E-state index < -0.39 is 22.4 Å². The summed E-state index contributed by atoms with van der Waals surface area (Å²) < 4.78 is 39.3. The van der Waals surface area contributed by atoms with Gasteiger partial charge in [-0.25, -0.2) is 13.2 Å². The summed E-state index contributed by atoms with van der Waals surface area (Å²) in [4.78, 5) is 9.95. The normalized spacial score (nSPS) is 10.5. The van der Waals surface area contributed by atoms with E-state index in [4.69, 9.17) is 11.6 Å². The first-order chi connectivity index (χ1) is 9.88. The number of hydrogen-bond donors (Lipinski definition) is 1. The van der Waals surface area contributed by atoms with Crippen LogP contribution in [-0.4, -0.2) is 4.92 Å². The van der Waals surface area contributed by atoms with Crippen LogP contribution in [-0.2, 0) is 6.54 Å². The number of benzene rings is 2. The minimum absolute atomic E-state index is 0.0622. The highest BCUT2D eigenvalue weighted by atomic mass is 35.5. The van der Waals surface area contributed by atoms with Crippen molar-refractivity contribution in [2.24, 2.45) is 0 Å². The van der Waals surface area contributed by atoms with Crippen molar-refractivity contribution in [1.82, 2.24) is 0 Å². The molecule has 0 aromatic heterocycles. The molecule has 8 heteroatoms. The van der Waals surface area contributed by atoms with Crippen molar-refractivity contribution in [3.8, 4) is 0 Å². The lowest BCUT2D eigenvalue weighted by atomic mass is 10.2. The van der Waals surface area contributed by atoms with Gasteiger partial charge >= 0.3 is 0 Å². The van der Waals surface area contributed by atoms with E-state index in [-0.39, 0.29) is 22.8 Å². The zero-order chi connectivity index (χ0) is 15.6. The molecule has 0 heterocycles. The van der Waals surface area contributed by atoms with Crippen LogP contribution in [0.25, 0.3) is 0 Å². The molecular weight excluding hydrogens is 309 g/mol. The second-order valence-corrected chi connectivity index (χ2v) is 4.54. The van der Waals surface area contributed by atoms with Crippen LogP contribution in [0.5, 0.6) is 0 Å². The maximum atomic E-state index is 13.4. The van der Waals surface area contributed by atoms with E-state index in [0.29, 0.717) is 11.8 Å². The van der Waals surface area contributed by atoms with Gasteiger partial charge in [0.1, 0.15) is 5.82 Å². The molecule has 0 aliphatic heterocycles. The van der Waals surface area contributed by atoms with Crippen LogP contribution in [0.15, 0.2) is 30.3 Å². The topological polar surface area (TPSA) is 55.2 Å². The molecule has 21 heavy (non-hydrogen) atoms. The smallest absolute Gasteiger partial charge is 0.271 e. The molecule has 0 bridgehead atoms. The lowest BCUT2D eigenvalue weighted by Gasteiger charge is -2.09. The molecule has 0 aliphatic rings. The number of nitro groups is 1. The largest absolute Gasteiger partial charge is 0.380 e. The maximum absolute atomic E-state index is 13.4. The van der Waals surface area contributed by atoms with Crippen molar-refractivity contribution in [2.45, 2.75) is 6.54 Å². The molecule has 0 fully saturated rings. The Kier molecular flexibility index (Phi) is 4.32. The summed E-state index contributed by atoms with van der Waals surface area (Å²) in [6, 6.07) is 4.88. The highest BCUT2D eigenvalue weighted by Crippen LogP contribution is 2.27. The van der Waals surface area contributed by atoms with Gasteiger partial charge in [0.25, 0.3) is 5.69 Å². The number of halogens is 4. The lowest BCUT2D eigenvalue weighted by molar-refractivity contribution is -0.384. The van der Waals surface area contributed by atoms with E-state index in [9.17, 15) is 23.3 Å². The van der Waals surface area contributed by atoms with Gasteiger partial charge in [0, 0.05) is 30.3 Å². The molecule has 2 rings (SSSR count). The van der Waals surface area contributed by atoms with E-state index in [1.807, 2.05) is 0 Å². The summed E-state index contributed by atoms with van der Waals surface area (Å²) in [6.07, 6.45) is 0. The number of nitrogens with zero attached hydrogens (tertiary/aromatic N) is 1. The second-order valence-electron chi connectivity index (χ2n) is 4.13. The number of rotatable bonds is 4. The fraction of sp³-hybridized carbons (Fsp3) is 0.0769. The van der Waals surface area contributed by atoms with Crippen LogP contribution in [0.3, 0.4) is 0 Å². The molecule has 0 saturated heterocycles. The van der Waals surface area contributed by atoms with E-state index in [1.165, 1.54) is 12.1 Å². The fourth-order valence-electron chi connectivity index (χ4n) is 1.65. The van der Waals surface area contributed by atoms with Crippen molar-refractivity contribution < 1.29 is 18.1 Å². The van der Waals surface area contributed by atoms with Gasteiger partial charge in [-0.15, -0.1) is 0 Å². The molecule has 0 saturated carbocycles. The molecule has 2 aromatic rings. The molecule has 0 amide bonds. The maximum Gasteiger partial charge on any atom is 0.271 e. The molecule has 0 spiro atoms. The predicted octanol–water partition coefficient (Wildman–Crippen LogP) is 4.28. The summed E-state index contributed by atoms with van der Waals surface area (Å²) in [5, 5.41) is 13.3. The van der Waals surface area contributed by atoms with Gasteiger partial charge in [-0.3, -0.25) is 10.1 Å². The average molecular weight is 317 g/mol. The number of anilines is 1. The Morgan fingerprint density at radius 2 is 1.76 bits per heavy atom. The van der Waals surface area contributed by atoms with Crippen LogP contribution in [0.1, 0.15) is 5.56 Å². The van der Waals surface area contributed by atoms with Crippen LogP contribution in [0.2, 0.25) is 5.02 Å². The van der Waals surface area contributed by atoms with Crippen molar-refractivity contribution >= 4 is 23.0 Å².